The Kier molecular flexibility index (Phi) is 6.03. The minimum Gasteiger partial charge on any atom is -0.493 e. The second-order valence-corrected chi connectivity index (χ2v) is 4.78. The molecule has 0 atom stereocenters. The van der Waals surface area contributed by atoms with E-state index in [4.69, 9.17) is 14.6 Å². The zero-order valence-corrected chi connectivity index (χ0v) is 12.3. The minimum absolute atomic E-state index is 0.218. The molecule has 0 saturated heterocycles. The number of aliphatic hydroxyl groups excluding tert-OH is 1. The first kappa shape index (κ1) is 15.3. The molecular formula is C17H21NO3. The first-order valence-corrected chi connectivity index (χ1v) is 7.14. The standard InChI is InChI=1S/C17H21NO3/c1-20-16-11-15(9-5-6-10-19)18-12-17(16)21-13-14-7-3-2-4-8-14/h2-4,7-8,11-12,19H,5-6,9-10,13H2,1H3. The third kappa shape index (κ3) is 4.76. The second kappa shape index (κ2) is 8.27. The van der Waals surface area contributed by atoms with Crippen molar-refractivity contribution >= 4 is 0 Å². The molecule has 0 amide bonds. The topological polar surface area (TPSA) is 51.6 Å². The first-order chi connectivity index (χ1) is 10.3. The van der Waals surface area contributed by atoms with Crippen LogP contribution in [0.25, 0.3) is 0 Å². The SMILES string of the molecule is COc1cc(CCCCO)ncc1OCc1ccccc1. The number of benzene rings is 1. The van der Waals surface area contributed by atoms with Gasteiger partial charge in [0.05, 0.1) is 13.3 Å². The van der Waals surface area contributed by atoms with Crippen molar-refractivity contribution < 1.29 is 14.6 Å². The lowest BCUT2D eigenvalue weighted by atomic mass is 10.2. The summed E-state index contributed by atoms with van der Waals surface area (Å²) < 4.78 is 11.1. The molecule has 0 radical (unpaired) electrons. The highest BCUT2D eigenvalue weighted by molar-refractivity contribution is 5.39. The molecule has 2 rings (SSSR count). The van der Waals surface area contributed by atoms with Crippen molar-refractivity contribution in [1.82, 2.24) is 4.98 Å². The lowest BCUT2D eigenvalue weighted by Crippen LogP contribution is -2.00. The summed E-state index contributed by atoms with van der Waals surface area (Å²) in [7, 11) is 1.63. The van der Waals surface area contributed by atoms with Gasteiger partial charge in [-0.1, -0.05) is 30.3 Å². The van der Waals surface area contributed by atoms with Gasteiger partial charge >= 0.3 is 0 Å². The van der Waals surface area contributed by atoms with Gasteiger partial charge in [-0.25, -0.2) is 0 Å². The molecule has 0 spiro atoms. The van der Waals surface area contributed by atoms with E-state index in [1.165, 1.54) is 0 Å². The van der Waals surface area contributed by atoms with Crippen LogP contribution in [0.15, 0.2) is 42.6 Å². The van der Waals surface area contributed by atoms with Crippen molar-refractivity contribution in [2.75, 3.05) is 13.7 Å². The van der Waals surface area contributed by atoms with Gasteiger partial charge in [0, 0.05) is 18.4 Å². The number of aryl methyl sites for hydroxylation is 1. The van der Waals surface area contributed by atoms with Crippen LogP contribution in [0.1, 0.15) is 24.1 Å². The van der Waals surface area contributed by atoms with E-state index in [1.807, 2.05) is 36.4 Å². The molecule has 2 aromatic rings. The van der Waals surface area contributed by atoms with Crippen LogP contribution < -0.4 is 9.47 Å². The van der Waals surface area contributed by atoms with E-state index >= 15 is 0 Å². The van der Waals surface area contributed by atoms with Crippen molar-refractivity contribution in [3.63, 3.8) is 0 Å². The van der Waals surface area contributed by atoms with Crippen molar-refractivity contribution in [1.29, 1.82) is 0 Å². The second-order valence-electron chi connectivity index (χ2n) is 4.78. The van der Waals surface area contributed by atoms with Crippen LogP contribution in [-0.4, -0.2) is 23.8 Å². The zero-order valence-electron chi connectivity index (χ0n) is 12.3. The summed E-state index contributed by atoms with van der Waals surface area (Å²) in [6.07, 6.45) is 4.24. The third-order valence-electron chi connectivity index (χ3n) is 3.19. The Morgan fingerprint density at radius 1 is 1.10 bits per heavy atom. The maximum Gasteiger partial charge on any atom is 0.179 e. The highest BCUT2D eigenvalue weighted by atomic mass is 16.5. The molecule has 21 heavy (non-hydrogen) atoms. The predicted molar refractivity (Wildman–Crippen MR) is 81.6 cm³/mol. The summed E-state index contributed by atoms with van der Waals surface area (Å²) in [5.41, 5.74) is 2.05. The third-order valence-corrected chi connectivity index (χ3v) is 3.19. The summed E-state index contributed by atoms with van der Waals surface area (Å²) in [6, 6.07) is 11.9. The number of nitrogens with zero attached hydrogens (tertiary/aromatic N) is 1. The van der Waals surface area contributed by atoms with E-state index in [0.29, 0.717) is 18.1 Å². The Hall–Kier alpha value is -2.07. The van der Waals surface area contributed by atoms with Gasteiger partial charge < -0.3 is 14.6 Å². The largest absolute Gasteiger partial charge is 0.493 e. The van der Waals surface area contributed by atoms with Gasteiger partial charge in [-0.05, 0) is 24.8 Å². The highest BCUT2D eigenvalue weighted by Gasteiger charge is 2.07. The number of hydrogen-bond acceptors (Lipinski definition) is 4. The molecule has 0 bridgehead atoms. The molecule has 0 aliphatic carbocycles. The van der Waals surface area contributed by atoms with Gasteiger partial charge in [-0.2, -0.15) is 0 Å². The number of unbranched alkanes of at least 4 members (excludes halogenated alkanes) is 1. The maximum absolute atomic E-state index is 8.80. The van der Waals surface area contributed by atoms with Crippen LogP contribution in [0.5, 0.6) is 11.5 Å². The van der Waals surface area contributed by atoms with Crippen LogP contribution in [0.4, 0.5) is 0 Å². The van der Waals surface area contributed by atoms with E-state index in [0.717, 1.165) is 30.5 Å². The normalized spacial score (nSPS) is 10.4. The monoisotopic (exact) mass is 287 g/mol. The van der Waals surface area contributed by atoms with E-state index in [2.05, 4.69) is 4.98 Å². The molecule has 1 aromatic heterocycles. The van der Waals surface area contributed by atoms with Crippen LogP contribution in [0.3, 0.4) is 0 Å². The molecule has 1 N–H and O–H groups in total. The molecule has 0 fully saturated rings. The Morgan fingerprint density at radius 3 is 2.62 bits per heavy atom. The molecule has 4 nitrogen and oxygen atoms in total. The number of hydrogen-bond donors (Lipinski definition) is 1. The van der Waals surface area contributed by atoms with Crippen molar-refractivity contribution in [2.24, 2.45) is 0 Å². The Balaban J connectivity index is 1.99. The fourth-order valence-corrected chi connectivity index (χ4v) is 2.02. The van der Waals surface area contributed by atoms with E-state index in [-0.39, 0.29) is 6.61 Å². The molecule has 4 heteroatoms. The van der Waals surface area contributed by atoms with Gasteiger partial charge in [-0.3, -0.25) is 4.98 Å². The number of aromatic nitrogens is 1. The molecule has 0 aliphatic rings. The lowest BCUT2D eigenvalue weighted by molar-refractivity contribution is 0.281. The quantitative estimate of drug-likeness (QED) is 0.758. The van der Waals surface area contributed by atoms with Gasteiger partial charge in [-0.15, -0.1) is 0 Å². The molecule has 0 aliphatic heterocycles. The average Bonchev–Trinajstić information content (AvgIpc) is 2.54. The summed E-state index contributed by atoms with van der Waals surface area (Å²) in [4.78, 5) is 4.38. The number of rotatable bonds is 8. The summed E-state index contributed by atoms with van der Waals surface area (Å²) in [6.45, 7) is 0.706. The number of methoxy groups -OCH3 is 1. The van der Waals surface area contributed by atoms with Crippen LogP contribution >= 0.6 is 0 Å². The van der Waals surface area contributed by atoms with E-state index in [1.54, 1.807) is 13.3 Å². The van der Waals surface area contributed by atoms with Gasteiger partial charge in [0.1, 0.15) is 6.61 Å². The smallest absolute Gasteiger partial charge is 0.179 e. The molecular weight excluding hydrogens is 266 g/mol. The summed E-state index contributed by atoms with van der Waals surface area (Å²) in [5, 5.41) is 8.80. The Morgan fingerprint density at radius 2 is 1.90 bits per heavy atom. The van der Waals surface area contributed by atoms with Crippen molar-refractivity contribution in [3.8, 4) is 11.5 Å². The molecule has 0 saturated carbocycles. The first-order valence-electron chi connectivity index (χ1n) is 7.14. The predicted octanol–water partition coefficient (Wildman–Crippen LogP) is 2.98. The molecule has 112 valence electrons. The maximum atomic E-state index is 8.80. The highest BCUT2D eigenvalue weighted by Crippen LogP contribution is 2.27. The summed E-state index contributed by atoms with van der Waals surface area (Å²) >= 11 is 0. The van der Waals surface area contributed by atoms with Crippen molar-refractivity contribution in [3.05, 3.63) is 53.9 Å². The molecule has 1 heterocycles. The average molecular weight is 287 g/mol. The van der Waals surface area contributed by atoms with Gasteiger partial charge in [0.2, 0.25) is 0 Å². The minimum atomic E-state index is 0.218. The van der Waals surface area contributed by atoms with Crippen LogP contribution in [0.2, 0.25) is 0 Å². The van der Waals surface area contributed by atoms with E-state index < -0.39 is 0 Å². The zero-order chi connectivity index (χ0) is 14.9. The Labute approximate surface area is 125 Å². The van der Waals surface area contributed by atoms with Gasteiger partial charge in [0.25, 0.3) is 0 Å². The van der Waals surface area contributed by atoms with Crippen LogP contribution in [-0.2, 0) is 13.0 Å². The molecule has 0 unspecified atom stereocenters. The van der Waals surface area contributed by atoms with Crippen LogP contribution in [0, 0.1) is 0 Å². The van der Waals surface area contributed by atoms with Crippen molar-refractivity contribution in [2.45, 2.75) is 25.9 Å². The fourth-order valence-electron chi connectivity index (χ4n) is 2.02. The fraction of sp³-hybridized carbons (Fsp3) is 0.353. The van der Waals surface area contributed by atoms with E-state index in [9.17, 15) is 0 Å². The summed E-state index contributed by atoms with van der Waals surface area (Å²) in [5.74, 6) is 1.34. The number of pyridine rings is 1. The van der Waals surface area contributed by atoms with Gasteiger partial charge in [0.15, 0.2) is 11.5 Å². The number of aliphatic hydroxyl groups is 1. The Bertz CT molecular complexity index is 543. The number of ether oxygens (including phenoxy) is 2. The molecule has 1 aromatic carbocycles. The lowest BCUT2D eigenvalue weighted by Gasteiger charge is -2.11.